The van der Waals surface area contributed by atoms with Crippen LogP contribution in [-0.2, 0) is 11.2 Å². The maximum atomic E-state index is 11.8. The lowest BCUT2D eigenvalue weighted by Gasteiger charge is -2.32. The van der Waals surface area contributed by atoms with Crippen LogP contribution in [0.25, 0.3) is 0 Å². The first kappa shape index (κ1) is 22.4. The number of carbonyl (C=O) groups is 1. The molecule has 3 rings (SSSR count). The first-order valence-corrected chi connectivity index (χ1v) is 11.9. The minimum atomic E-state index is -0.134. The summed E-state index contributed by atoms with van der Waals surface area (Å²) in [4.78, 5) is 16.2. The van der Waals surface area contributed by atoms with Crippen molar-refractivity contribution in [3.8, 4) is 5.75 Å². The summed E-state index contributed by atoms with van der Waals surface area (Å²) in [5.74, 6) is 1.67. The Morgan fingerprint density at radius 3 is 2.69 bits per heavy atom. The first-order chi connectivity index (χ1) is 13.9. The molecule has 2 fully saturated rings. The summed E-state index contributed by atoms with van der Waals surface area (Å²) in [6, 6.07) is 6.33. The van der Waals surface area contributed by atoms with Crippen LogP contribution in [0.5, 0.6) is 5.75 Å². The lowest BCUT2D eigenvalue weighted by Crippen LogP contribution is -2.36. The van der Waals surface area contributed by atoms with Gasteiger partial charge in [0, 0.05) is 17.6 Å². The number of carbonyl (C=O) groups excluding carboxylic acids is 1. The summed E-state index contributed by atoms with van der Waals surface area (Å²) in [6.45, 7) is 11.1. The smallest absolute Gasteiger partial charge is 0.410 e. The summed E-state index contributed by atoms with van der Waals surface area (Å²) >= 11 is 3.71. The van der Waals surface area contributed by atoms with Crippen LogP contribution in [0.1, 0.15) is 52.0 Å². The molecule has 0 saturated carbocycles. The maximum Gasteiger partial charge on any atom is 0.410 e. The second-order valence-corrected chi connectivity index (χ2v) is 9.50. The second kappa shape index (κ2) is 10.7. The Balaban J connectivity index is 1.41. The third-order valence-corrected chi connectivity index (χ3v) is 6.59. The molecule has 0 bridgehead atoms. The van der Waals surface area contributed by atoms with E-state index in [0.29, 0.717) is 5.92 Å². The number of likely N-dealkylation sites (tertiary alicyclic amines) is 1. The molecule has 2 aliphatic heterocycles. The van der Waals surface area contributed by atoms with Gasteiger partial charge in [-0.2, -0.15) is 0 Å². The molecule has 0 aromatic heterocycles. The molecule has 2 saturated heterocycles. The van der Waals surface area contributed by atoms with E-state index in [4.69, 9.17) is 9.47 Å². The topological polar surface area (TPSA) is 42.0 Å². The van der Waals surface area contributed by atoms with Crippen molar-refractivity contribution in [2.75, 3.05) is 32.7 Å². The molecule has 0 radical (unpaired) electrons. The Bertz CT molecular complexity index is 674. The van der Waals surface area contributed by atoms with E-state index >= 15 is 0 Å². The lowest BCUT2D eigenvalue weighted by molar-refractivity contribution is 0.113. The van der Waals surface area contributed by atoms with E-state index < -0.39 is 0 Å². The number of benzene rings is 1. The summed E-state index contributed by atoms with van der Waals surface area (Å²) in [7, 11) is 0. The summed E-state index contributed by atoms with van der Waals surface area (Å²) in [5.41, 5.74) is 1.34. The Hall–Kier alpha value is -1.27. The molecule has 162 valence electrons. The highest BCUT2D eigenvalue weighted by molar-refractivity contribution is 9.10. The van der Waals surface area contributed by atoms with Crippen molar-refractivity contribution in [1.29, 1.82) is 0 Å². The van der Waals surface area contributed by atoms with Crippen molar-refractivity contribution in [3.63, 3.8) is 0 Å². The highest BCUT2D eigenvalue weighted by Gasteiger charge is 2.31. The molecule has 1 aromatic rings. The van der Waals surface area contributed by atoms with Crippen LogP contribution < -0.4 is 4.74 Å². The summed E-state index contributed by atoms with van der Waals surface area (Å²) < 4.78 is 12.5. The normalized spacial score (nSPS) is 21.1. The molecule has 0 N–H and O–H groups in total. The first-order valence-electron chi connectivity index (χ1n) is 11.1. The highest BCUT2D eigenvalue weighted by atomic mass is 79.9. The molecule has 0 aliphatic carbocycles. The van der Waals surface area contributed by atoms with Crippen molar-refractivity contribution in [1.82, 2.24) is 9.80 Å². The SMILES string of the molecule is CCCN1CC(CCN2CCC(Cc3cc(OC(C)C)ccc3Br)CC2)OC1=O. The maximum absolute atomic E-state index is 11.8. The predicted molar refractivity (Wildman–Crippen MR) is 120 cm³/mol. The van der Waals surface area contributed by atoms with Crippen molar-refractivity contribution < 1.29 is 14.3 Å². The Labute approximate surface area is 183 Å². The molecular formula is C23H35BrN2O3. The number of rotatable bonds is 9. The van der Waals surface area contributed by atoms with Gasteiger partial charge in [-0.25, -0.2) is 4.79 Å². The molecule has 1 unspecified atom stereocenters. The zero-order valence-corrected chi connectivity index (χ0v) is 19.6. The molecule has 1 aromatic carbocycles. The molecule has 1 atom stereocenters. The van der Waals surface area contributed by atoms with Crippen LogP contribution in [0.3, 0.4) is 0 Å². The number of nitrogens with zero attached hydrogens (tertiary/aromatic N) is 2. The van der Waals surface area contributed by atoms with Gasteiger partial charge >= 0.3 is 6.09 Å². The number of ether oxygens (including phenoxy) is 2. The van der Waals surface area contributed by atoms with Gasteiger partial charge < -0.3 is 19.3 Å². The molecule has 1 amide bonds. The van der Waals surface area contributed by atoms with E-state index in [1.54, 1.807) is 0 Å². The molecule has 29 heavy (non-hydrogen) atoms. The van der Waals surface area contributed by atoms with Gasteiger partial charge in [0.15, 0.2) is 0 Å². The number of amides is 1. The largest absolute Gasteiger partial charge is 0.491 e. The fraction of sp³-hybridized carbons (Fsp3) is 0.696. The zero-order valence-electron chi connectivity index (χ0n) is 18.0. The number of cyclic esters (lactones) is 1. The Kier molecular flexibility index (Phi) is 8.25. The van der Waals surface area contributed by atoms with Crippen LogP contribution in [0.4, 0.5) is 4.79 Å². The minimum absolute atomic E-state index is 0.0615. The van der Waals surface area contributed by atoms with Gasteiger partial charge in [-0.15, -0.1) is 0 Å². The van der Waals surface area contributed by atoms with E-state index in [-0.39, 0.29) is 18.3 Å². The van der Waals surface area contributed by atoms with Crippen LogP contribution in [-0.4, -0.2) is 60.8 Å². The van der Waals surface area contributed by atoms with Gasteiger partial charge in [-0.1, -0.05) is 22.9 Å². The fourth-order valence-electron chi connectivity index (χ4n) is 4.28. The molecule has 6 heteroatoms. The van der Waals surface area contributed by atoms with Gasteiger partial charge in [0.05, 0.1) is 12.6 Å². The van der Waals surface area contributed by atoms with Gasteiger partial charge in [-0.3, -0.25) is 0 Å². The molecule has 5 nitrogen and oxygen atoms in total. The quantitative estimate of drug-likeness (QED) is 0.506. The predicted octanol–water partition coefficient (Wildman–Crippen LogP) is 5.11. The van der Waals surface area contributed by atoms with Crippen LogP contribution in [0, 0.1) is 5.92 Å². The van der Waals surface area contributed by atoms with Crippen LogP contribution >= 0.6 is 15.9 Å². The van der Waals surface area contributed by atoms with Crippen LogP contribution in [0.15, 0.2) is 22.7 Å². The lowest BCUT2D eigenvalue weighted by atomic mass is 9.90. The Morgan fingerprint density at radius 1 is 1.24 bits per heavy atom. The number of hydrogen-bond donors (Lipinski definition) is 0. The van der Waals surface area contributed by atoms with Crippen molar-refractivity contribution in [2.24, 2.45) is 5.92 Å². The minimum Gasteiger partial charge on any atom is -0.491 e. The van der Waals surface area contributed by atoms with Crippen molar-refractivity contribution in [3.05, 3.63) is 28.2 Å². The average Bonchev–Trinajstić information content (AvgIpc) is 3.03. The second-order valence-electron chi connectivity index (χ2n) is 8.65. The summed E-state index contributed by atoms with van der Waals surface area (Å²) in [5, 5.41) is 0. The van der Waals surface area contributed by atoms with Crippen molar-refractivity contribution >= 4 is 22.0 Å². The third kappa shape index (κ3) is 6.61. The molecular weight excluding hydrogens is 432 g/mol. The van der Waals surface area contributed by atoms with Crippen molar-refractivity contribution in [2.45, 2.75) is 65.1 Å². The van der Waals surface area contributed by atoms with E-state index in [9.17, 15) is 4.79 Å². The van der Waals surface area contributed by atoms with Gasteiger partial charge in [0.2, 0.25) is 0 Å². The van der Waals surface area contributed by atoms with Gasteiger partial charge in [0.25, 0.3) is 0 Å². The van der Waals surface area contributed by atoms with Gasteiger partial charge in [-0.05, 0) is 88.7 Å². The van der Waals surface area contributed by atoms with E-state index in [1.165, 1.54) is 22.9 Å². The van der Waals surface area contributed by atoms with E-state index in [1.807, 2.05) is 11.0 Å². The number of hydrogen-bond acceptors (Lipinski definition) is 4. The molecule has 2 heterocycles. The fourth-order valence-corrected chi connectivity index (χ4v) is 4.69. The zero-order chi connectivity index (χ0) is 20.8. The van der Waals surface area contributed by atoms with Gasteiger partial charge in [0.1, 0.15) is 11.9 Å². The highest BCUT2D eigenvalue weighted by Crippen LogP contribution is 2.29. The molecule has 0 spiro atoms. The Morgan fingerprint density at radius 2 is 2.00 bits per heavy atom. The van der Waals surface area contributed by atoms with E-state index in [0.717, 1.165) is 57.7 Å². The van der Waals surface area contributed by atoms with E-state index in [2.05, 4.69) is 53.7 Å². The van der Waals surface area contributed by atoms with Crippen LogP contribution in [0.2, 0.25) is 0 Å². The number of piperidine rings is 1. The monoisotopic (exact) mass is 466 g/mol. The average molecular weight is 467 g/mol. The standard InChI is InChI=1S/C23H35BrN2O3/c1-4-10-26-16-21(29-23(26)27)9-13-25-11-7-18(8-12-25)14-19-15-20(28-17(2)3)5-6-22(19)24/h5-6,15,17-18,21H,4,7-14,16H2,1-3H3. The third-order valence-electron chi connectivity index (χ3n) is 5.82. The molecule has 2 aliphatic rings. The number of halogens is 1. The summed E-state index contributed by atoms with van der Waals surface area (Å²) in [6.07, 6.45) is 5.57.